The van der Waals surface area contributed by atoms with E-state index in [0.29, 0.717) is 11.5 Å². The highest BCUT2D eigenvalue weighted by atomic mass is 16.3. The number of hydrogen-bond donors (Lipinski definition) is 2. The van der Waals surface area contributed by atoms with Gasteiger partial charge in [-0.05, 0) is 82.0 Å². The fourth-order valence-corrected chi connectivity index (χ4v) is 4.94. The Hall–Kier alpha value is -1.96. The summed E-state index contributed by atoms with van der Waals surface area (Å²) >= 11 is 0. The monoisotopic (exact) mass is 352 g/mol. The van der Waals surface area contributed by atoms with Crippen LogP contribution in [0.25, 0.3) is 0 Å². The average Bonchev–Trinajstić information content (AvgIpc) is 2.72. The number of fused-ring (bicyclic) bond motifs is 1. The lowest BCUT2D eigenvalue weighted by molar-refractivity contribution is 0.369. The number of benzene rings is 2. The lowest BCUT2D eigenvalue weighted by Gasteiger charge is -2.32. The summed E-state index contributed by atoms with van der Waals surface area (Å²) in [6, 6.07) is 11.6. The fourth-order valence-electron chi connectivity index (χ4n) is 4.94. The Morgan fingerprint density at radius 1 is 0.923 bits per heavy atom. The molecule has 0 fully saturated rings. The van der Waals surface area contributed by atoms with Gasteiger partial charge in [-0.1, -0.05) is 53.7 Å². The zero-order valence-electron chi connectivity index (χ0n) is 17.0. The zero-order valence-corrected chi connectivity index (χ0v) is 17.0. The molecule has 0 aromatic heterocycles. The minimum atomic E-state index is -0.0655. The average molecular weight is 353 g/mol. The molecule has 140 valence electrons. The van der Waals surface area contributed by atoms with Crippen LogP contribution in [0.4, 0.5) is 0 Å². The molecule has 26 heavy (non-hydrogen) atoms. The second kappa shape index (κ2) is 6.04. The number of phenols is 2. The molecule has 0 saturated carbocycles. The van der Waals surface area contributed by atoms with Gasteiger partial charge >= 0.3 is 0 Å². The molecule has 2 N–H and O–H groups in total. The maximum atomic E-state index is 10.1. The van der Waals surface area contributed by atoms with Gasteiger partial charge in [-0.3, -0.25) is 0 Å². The van der Waals surface area contributed by atoms with Gasteiger partial charge < -0.3 is 10.2 Å². The van der Waals surface area contributed by atoms with Crippen molar-refractivity contribution in [1.29, 1.82) is 0 Å². The minimum absolute atomic E-state index is 0.0647. The van der Waals surface area contributed by atoms with Crippen LogP contribution in [-0.2, 0) is 22.7 Å². The predicted octanol–water partition coefficient (Wildman–Crippen LogP) is 5.97. The van der Waals surface area contributed by atoms with E-state index in [2.05, 4.69) is 53.7 Å². The Morgan fingerprint density at radius 2 is 1.54 bits per heavy atom. The maximum Gasteiger partial charge on any atom is 0.115 e. The lowest BCUT2D eigenvalue weighted by atomic mass is 9.72. The van der Waals surface area contributed by atoms with Crippen LogP contribution in [0.5, 0.6) is 11.5 Å². The van der Waals surface area contributed by atoms with Crippen molar-refractivity contribution < 1.29 is 10.2 Å². The molecule has 1 atom stereocenters. The van der Waals surface area contributed by atoms with E-state index in [1.54, 1.807) is 12.1 Å². The summed E-state index contributed by atoms with van der Waals surface area (Å²) < 4.78 is 0. The molecule has 0 saturated heterocycles. The highest BCUT2D eigenvalue weighted by molar-refractivity contribution is 5.50. The molecule has 1 unspecified atom stereocenters. The zero-order chi connectivity index (χ0) is 19.3. The number of aromatic hydroxyl groups is 2. The highest BCUT2D eigenvalue weighted by Crippen LogP contribution is 2.52. The van der Waals surface area contributed by atoms with Gasteiger partial charge in [0.15, 0.2) is 0 Å². The van der Waals surface area contributed by atoms with E-state index in [4.69, 9.17) is 0 Å². The standard InChI is InChI=1S/C24H32O2/c1-7-22(2,3)19-10-8-17(25)12-16(19)14-24(6)15-23(4,5)20-11-9-18(26)13-21(20)24/h8-13,25-26H,7,14-15H2,1-6H3. The van der Waals surface area contributed by atoms with E-state index in [9.17, 15) is 10.2 Å². The Morgan fingerprint density at radius 3 is 2.19 bits per heavy atom. The first-order valence-corrected chi connectivity index (χ1v) is 9.65. The molecule has 1 aliphatic carbocycles. The fraction of sp³-hybridized carbons (Fsp3) is 0.500. The van der Waals surface area contributed by atoms with Gasteiger partial charge in [0.1, 0.15) is 11.5 Å². The van der Waals surface area contributed by atoms with E-state index in [1.807, 2.05) is 12.1 Å². The van der Waals surface area contributed by atoms with Crippen molar-refractivity contribution in [1.82, 2.24) is 0 Å². The third-order valence-electron chi connectivity index (χ3n) is 6.50. The summed E-state index contributed by atoms with van der Waals surface area (Å²) in [5, 5.41) is 20.2. The van der Waals surface area contributed by atoms with Crippen molar-refractivity contribution in [3.8, 4) is 11.5 Å². The molecule has 0 heterocycles. The molecule has 2 aromatic rings. The third-order valence-corrected chi connectivity index (χ3v) is 6.50. The largest absolute Gasteiger partial charge is 0.508 e. The summed E-state index contributed by atoms with van der Waals surface area (Å²) in [5.74, 6) is 0.658. The summed E-state index contributed by atoms with van der Waals surface area (Å²) in [6.07, 6.45) is 2.94. The first-order valence-electron chi connectivity index (χ1n) is 9.65. The van der Waals surface area contributed by atoms with Gasteiger partial charge in [-0.25, -0.2) is 0 Å². The van der Waals surface area contributed by atoms with Crippen LogP contribution in [0.1, 0.15) is 76.6 Å². The van der Waals surface area contributed by atoms with Crippen LogP contribution in [0.2, 0.25) is 0 Å². The summed E-state index contributed by atoms with van der Waals surface area (Å²) in [7, 11) is 0. The Kier molecular flexibility index (Phi) is 4.37. The van der Waals surface area contributed by atoms with Crippen molar-refractivity contribution in [2.24, 2.45) is 0 Å². The van der Waals surface area contributed by atoms with Crippen molar-refractivity contribution in [2.75, 3.05) is 0 Å². The van der Waals surface area contributed by atoms with E-state index >= 15 is 0 Å². The molecule has 0 aliphatic heterocycles. The van der Waals surface area contributed by atoms with Crippen molar-refractivity contribution in [3.63, 3.8) is 0 Å². The Labute approximate surface area is 157 Å². The molecular formula is C24H32O2. The third kappa shape index (κ3) is 3.11. The Balaban J connectivity index is 2.11. The van der Waals surface area contributed by atoms with Crippen LogP contribution in [0, 0.1) is 0 Å². The maximum absolute atomic E-state index is 10.1. The summed E-state index contributed by atoms with van der Waals surface area (Å²) in [5.41, 5.74) is 5.17. The predicted molar refractivity (Wildman–Crippen MR) is 108 cm³/mol. The normalized spacial score (nSPS) is 21.6. The van der Waals surface area contributed by atoms with Gasteiger partial charge in [0.2, 0.25) is 0 Å². The van der Waals surface area contributed by atoms with Crippen LogP contribution in [-0.4, -0.2) is 10.2 Å². The lowest BCUT2D eigenvalue weighted by Crippen LogP contribution is -2.27. The van der Waals surface area contributed by atoms with Gasteiger partial charge in [-0.15, -0.1) is 0 Å². The van der Waals surface area contributed by atoms with Gasteiger partial charge in [0.05, 0.1) is 0 Å². The van der Waals surface area contributed by atoms with E-state index in [0.717, 1.165) is 19.3 Å². The molecule has 2 aromatic carbocycles. The smallest absolute Gasteiger partial charge is 0.115 e. The number of phenolic OH excluding ortho intramolecular Hbond substituents is 2. The summed E-state index contributed by atoms with van der Waals surface area (Å²) in [4.78, 5) is 0. The second-order valence-electron chi connectivity index (χ2n) is 9.61. The van der Waals surface area contributed by atoms with Crippen LogP contribution in [0.3, 0.4) is 0 Å². The molecule has 2 nitrogen and oxygen atoms in total. The quantitative estimate of drug-likeness (QED) is 0.712. The number of hydrogen-bond acceptors (Lipinski definition) is 2. The highest BCUT2D eigenvalue weighted by Gasteiger charge is 2.45. The van der Waals surface area contributed by atoms with Crippen LogP contribution >= 0.6 is 0 Å². The van der Waals surface area contributed by atoms with Crippen molar-refractivity contribution in [2.45, 2.75) is 77.0 Å². The summed E-state index contributed by atoms with van der Waals surface area (Å²) in [6.45, 7) is 13.6. The first-order chi connectivity index (χ1) is 12.0. The van der Waals surface area contributed by atoms with E-state index in [1.165, 1.54) is 22.3 Å². The van der Waals surface area contributed by atoms with Crippen LogP contribution < -0.4 is 0 Å². The first kappa shape index (κ1) is 18.8. The van der Waals surface area contributed by atoms with Crippen LogP contribution in [0.15, 0.2) is 36.4 Å². The van der Waals surface area contributed by atoms with E-state index in [-0.39, 0.29) is 16.2 Å². The molecular weight excluding hydrogens is 320 g/mol. The van der Waals surface area contributed by atoms with Crippen molar-refractivity contribution >= 4 is 0 Å². The van der Waals surface area contributed by atoms with Crippen molar-refractivity contribution in [3.05, 3.63) is 58.7 Å². The molecule has 0 amide bonds. The number of rotatable bonds is 4. The van der Waals surface area contributed by atoms with E-state index < -0.39 is 0 Å². The molecule has 2 heteroatoms. The topological polar surface area (TPSA) is 40.5 Å². The SMILES string of the molecule is CCC(C)(C)c1ccc(O)cc1CC1(C)CC(C)(C)c2ccc(O)cc21. The van der Waals surface area contributed by atoms with Gasteiger partial charge in [-0.2, -0.15) is 0 Å². The molecule has 0 bridgehead atoms. The van der Waals surface area contributed by atoms with Gasteiger partial charge in [0, 0.05) is 0 Å². The molecule has 0 radical (unpaired) electrons. The van der Waals surface area contributed by atoms with Gasteiger partial charge in [0.25, 0.3) is 0 Å². The Bertz CT molecular complexity index is 832. The molecule has 0 spiro atoms. The second-order valence-corrected chi connectivity index (χ2v) is 9.61. The molecule has 3 rings (SSSR count). The minimum Gasteiger partial charge on any atom is -0.508 e. The molecule has 1 aliphatic rings.